The van der Waals surface area contributed by atoms with Crippen molar-refractivity contribution in [3.63, 3.8) is 0 Å². The summed E-state index contributed by atoms with van der Waals surface area (Å²) < 4.78 is 5.28. The second-order valence-electron chi connectivity index (χ2n) is 10.5. The maximum Gasteiger partial charge on any atom is 0.408 e. The van der Waals surface area contributed by atoms with Crippen molar-refractivity contribution in [1.29, 1.82) is 0 Å². The van der Waals surface area contributed by atoms with Gasteiger partial charge < -0.3 is 25.8 Å². The van der Waals surface area contributed by atoms with Crippen LogP contribution in [0.4, 0.5) is 4.79 Å². The van der Waals surface area contributed by atoms with Crippen LogP contribution in [0.2, 0.25) is 0 Å². The number of carbonyl (C=O) groups excluding carboxylic acids is 3. The van der Waals surface area contributed by atoms with E-state index in [0.717, 1.165) is 18.6 Å². The van der Waals surface area contributed by atoms with E-state index in [1.807, 2.05) is 20.1 Å². The minimum absolute atomic E-state index is 0.172. The molecule has 34 heavy (non-hydrogen) atoms. The SMILES string of the molecule is CSCC[C@H](NC(=O)OC(C)(C)C)C(=O)NCC1CCC(C(=O)N[C@@H](CC(C)C)C(=O)O)CC1. The van der Waals surface area contributed by atoms with E-state index in [1.165, 1.54) is 0 Å². The van der Waals surface area contributed by atoms with Crippen LogP contribution in [-0.4, -0.2) is 65.2 Å². The summed E-state index contributed by atoms with van der Waals surface area (Å²) in [5.41, 5.74) is -0.644. The number of alkyl carbamates (subject to hydrolysis) is 1. The summed E-state index contributed by atoms with van der Waals surface area (Å²) in [7, 11) is 0. The van der Waals surface area contributed by atoms with Crippen LogP contribution in [0, 0.1) is 17.8 Å². The van der Waals surface area contributed by atoms with Gasteiger partial charge in [-0.15, -0.1) is 0 Å². The highest BCUT2D eigenvalue weighted by molar-refractivity contribution is 7.98. The zero-order valence-corrected chi connectivity index (χ0v) is 22.3. The Kier molecular flexibility index (Phi) is 12.8. The predicted octanol–water partition coefficient (Wildman–Crippen LogP) is 3.17. The quantitative estimate of drug-likeness (QED) is 0.323. The van der Waals surface area contributed by atoms with Gasteiger partial charge in [-0.05, 0) is 83.1 Å². The number of thioether (sulfide) groups is 1. The lowest BCUT2D eigenvalue weighted by molar-refractivity contribution is -0.143. The molecule has 0 aromatic carbocycles. The Balaban J connectivity index is 2.51. The molecule has 1 fully saturated rings. The molecule has 0 saturated heterocycles. The van der Waals surface area contributed by atoms with Gasteiger partial charge in [0.15, 0.2) is 0 Å². The fourth-order valence-corrected chi connectivity index (χ4v) is 4.41. The van der Waals surface area contributed by atoms with Gasteiger partial charge in [-0.1, -0.05) is 13.8 Å². The van der Waals surface area contributed by atoms with Crippen molar-refractivity contribution in [2.45, 2.75) is 90.8 Å². The number of aliphatic carboxylic acids is 1. The lowest BCUT2D eigenvalue weighted by Crippen LogP contribution is -2.49. The third-order valence-electron chi connectivity index (χ3n) is 5.72. The van der Waals surface area contributed by atoms with Gasteiger partial charge in [0.25, 0.3) is 0 Å². The third-order valence-corrected chi connectivity index (χ3v) is 6.37. The minimum Gasteiger partial charge on any atom is -0.480 e. The number of rotatable bonds is 12. The third kappa shape index (κ3) is 11.9. The average Bonchev–Trinajstić information content (AvgIpc) is 2.73. The summed E-state index contributed by atoms with van der Waals surface area (Å²) in [6.45, 7) is 9.64. The van der Waals surface area contributed by atoms with Crippen molar-refractivity contribution in [2.24, 2.45) is 17.8 Å². The van der Waals surface area contributed by atoms with Crippen LogP contribution in [0.15, 0.2) is 0 Å². The molecule has 1 aliphatic carbocycles. The van der Waals surface area contributed by atoms with Crippen LogP contribution >= 0.6 is 11.8 Å². The fraction of sp³-hybridized carbons (Fsp3) is 0.833. The van der Waals surface area contributed by atoms with Gasteiger partial charge >= 0.3 is 12.1 Å². The van der Waals surface area contributed by atoms with E-state index < -0.39 is 29.7 Å². The van der Waals surface area contributed by atoms with Gasteiger partial charge in [-0.2, -0.15) is 11.8 Å². The lowest BCUT2D eigenvalue weighted by atomic mass is 9.81. The maximum atomic E-state index is 12.7. The standard InChI is InChI=1S/C24H43N3O6S/c1-15(2)13-19(22(30)31)26-20(28)17-9-7-16(8-10-17)14-25-21(29)18(11-12-34-6)27-23(32)33-24(3,4)5/h15-19H,7-14H2,1-6H3,(H,25,29)(H,26,28)(H,27,32)(H,30,31)/t16?,17?,18-,19-/m0/s1. The minimum atomic E-state index is -1.01. The number of carboxylic acids is 1. The summed E-state index contributed by atoms with van der Waals surface area (Å²) in [5, 5.41) is 17.7. The van der Waals surface area contributed by atoms with Gasteiger partial charge in [-0.3, -0.25) is 9.59 Å². The monoisotopic (exact) mass is 501 g/mol. The molecule has 0 radical (unpaired) electrons. The van der Waals surface area contributed by atoms with E-state index in [1.54, 1.807) is 32.5 Å². The topological polar surface area (TPSA) is 134 Å². The van der Waals surface area contributed by atoms with E-state index in [2.05, 4.69) is 16.0 Å². The van der Waals surface area contributed by atoms with Crippen LogP contribution in [0.1, 0.15) is 73.1 Å². The molecule has 0 aromatic heterocycles. The van der Waals surface area contributed by atoms with E-state index in [-0.39, 0.29) is 29.6 Å². The highest BCUT2D eigenvalue weighted by Gasteiger charge is 2.30. The summed E-state index contributed by atoms with van der Waals surface area (Å²) >= 11 is 1.60. The first kappa shape index (κ1) is 30.1. The summed E-state index contributed by atoms with van der Waals surface area (Å²) in [6.07, 6.45) is 5.09. The number of hydrogen-bond donors (Lipinski definition) is 4. The molecule has 0 heterocycles. The van der Waals surface area contributed by atoms with Gasteiger partial charge in [0, 0.05) is 12.5 Å². The number of hydrogen-bond acceptors (Lipinski definition) is 6. The Labute approximate surface area is 207 Å². The number of nitrogens with one attached hydrogen (secondary N) is 3. The van der Waals surface area contributed by atoms with Crippen LogP contribution in [0.3, 0.4) is 0 Å². The highest BCUT2D eigenvalue weighted by Crippen LogP contribution is 2.29. The second kappa shape index (κ2) is 14.4. The normalized spacial score (nSPS) is 20.2. The first-order chi connectivity index (χ1) is 15.8. The zero-order chi connectivity index (χ0) is 25.9. The number of ether oxygens (including phenoxy) is 1. The highest BCUT2D eigenvalue weighted by atomic mass is 32.2. The Bertz CT molecular complexity index is 687. The van der Waals surface area contributed by atoms with Gasteiger partial charge in [0.2, 0.25) is 11.8 Å². The lowest BCUT2D eigenvalue weighted by Gasteiger charge is -2.29. The van der Waals surface area contributed by atoms with E-state index >= 15 is 0 Å². The van der Waals surface area contributed by atoms with Crippen LogP contribution < -0.4 is 16.0 Å². The van der Waals surface area contributed by atoms with Gasteiger partial charge in [0.1, 0.15) is 17.7 Å². The molecule has 0 bridgehead atoms. The molecule has 3 amide bonds. The van der Waals surface area contributed by atoms with Crippen LogP contribution in [0.25, 0.3) is 0 Å². The fourth-order valence-electron chi connectivity index (χ4n) is 3.93. The Hall–Kier alpha value is -1.97. The van der Waals surface area contributed by atoms with Crippen molar-refractivity contribution in [1.82, 2.24) is 16.0 Å². The Morgan fingerprint density at radius 2 is 1.65 bits per heavy atom. The summed E-state index contributed by atoms with van der Waals surface area (Å²) in [4.78, 5) is 48.8. The first-order valence-electron chi connectivity index (χ1n) is 12.1. The molecule has 1 saturated carbocycles. The molecule has 0 aromatic rings. The van der Waals surface area contributed by atoms with E-state index in [4.69, 9.17) is 4.74 Å². The van der Waals surface area contributed by atoms with Crippen LogP contribution in [-0.2, 0) is 19.1 Å². The van der Waals surface area contributed by atoms with Gasteiger partial charge in [-0.25, -0.2) is 9.59 Å². The average molecular weight is 502 g/mol. The molecular weight excluding hydrogens is 458 g/mol. The number of carbonyl (C=O) groups is 4. The van der Waals surface area contributed by atoms with Crippen molar-refractivity contribution in [3.8, 4) is 0 Å². The van der Waals surface area contributed by atoms with Gasteiger partial charge in [0.05, 0.1) is 0 Å². The predicted molar refractivity (Wildman–Crippen MR) is 134 cm³/mol. The molecule has 196 valence electrons. The maximum absolute atomic E-state index is 12.7. The molecule has 1 aliphatic rings. The molecule has 0 unspecified atom stereocenters. The molecule has 9 nitrogen and oxygen atoms in total. The first-order valence-corrected chi connectivity index (χ1v) is 13.5. The van der Waals surface area contributed by atoms with Crippen molar-refractivity contribution in [2.75, 3.05) is 18.6 Å². The molecule has 0 spiro atoms. The number of amides is 3. The Morgan fingerprint density at radius 3 is 2.15 bits per heavy atom. The zero-order valence-electron chi connectivity index (χ0n) is 21.4. The summed E-state index contributed by atoms with van der Waals surface area (Å²) in [6, 6.07) is -1.53. The second-order valence-corrected chi connectivity index (χ2v) is 11.5. The summed E-state index contributed by atoms with van der Waals surface area (Å²) in [5.74, 6) is -0.514. The molecule has 10 heteroatoms. The molecule has 2 atom stereocenters. The van der Waals surface area contributed by atoms with Crippen molar-refractivity contribution < 1.29 is 29.0 Å². The van der Waals surface area contributed by atoms with Crippen molar-refractivity contribution in [3.05, 3.63) is 0 Å². The van der Waals surface area contributed by atoms with E-state index in [9.17, 15) is 24.3 Å². The largest absolute Gasteiger partial charge is 0.480 e. The molecular formula is C24H43N3O6S. The van der Waals surface area contributed by atoms with Crippen molar-refractivity contribution >= 4 is 35.6 Å². The van der Waals surface area contributed by atoms with Crippen LogP contribution in [0.5, 0.6) is 0 Å². The molecule has 0 aliphatic heterocycles. The van der Waals surface area contributed by atoms with E-state index in [0.29, 0.717) is 32.2 Å². The smallest absolute Gasteiger partial charge is 0.408 e. The molecule has 1 rings (SSSR count). The number of carboxylic acid groups (broad SMARTS) is 1. The molecule has 4 N–H and O–H groups in total. The Morgan fingerprint density at radius 1 is 1.03 bits per heavy atom.